The van der Waals surface area contributed by atoms with Gasteiger partial charge in [-0.05, 0) is 81.7 Å². The van der Waals surface area contributed by atoms with Gasteiger partial charge in [0.15, 0.2) is 0 Å². The lowest BCUT2D eigenvalue weighted by Gasteiger charge is -2.39. The first kappa shape index (κ1) is 32.6. The smallest absolute Gasteiger partial charge is 0.253 e. The van der Waals surface area contributed by atoms with Crippen molar-refractivity contribution < 1.29 is 24.2 Å². The highest BCUT2D eigenvalue weighted by Crippen LogP contribution is 2.65. The third-order valence-corrected chi connectivity index (χ3v) is 10.3. The van der Waals surface area contributed by atoms with Crippen molar-refractivity contribution in [3.8, 4) is 0 Å². The van der Waals surface area contributed by atoms with Crippen LogP contribution in [0.25, 0.3) is 0 Å². The number of likely N-dealkylation sites (tertiary alicyclic amines) is 1. The second-order valence-corrected chi connectivity index (χ2v) is 13.1. The van der Waals surface area contributed by atoms with Crippen LogP contribution in [0, 0.1) is 31.6 Å². The molecule has 0 saturated carbocycles. The van der Waals surface area contributed by atoms with Gasteiger partial charge < -0.3 is 24.5 Å². The van der Waals surface area contributed by atoms with E-state index < -0.39 is 29.1 Å². The predicted molar refractivity (Wildman–Crippen MR) is 177 cm³/mol. The fourth-order valence-corrected chi connectivity index (χ4v) is 8.03. The van der Waals surface area contributed by atoms with Crippen molar-refractivity contribution in [3.05, 3.63) is 85.0 Å². The Labute approximate surface area is 267 Å². The predicted octanol–water partition coefficient (Wildman–Crippen LogP) is 5.21. The molecular weight excluding hydrogens is 566 g/mol. The number of hydrogen-bond acceptors (Lipinski definition) is 5. The average molecular weight is 614 g/mol. The summed E-state index contributed by atoms with van der Waals surface area (Å²) < 4.78 is 7.01. The quantitative estimate of drug-likeness (QED) is 0.247. The maximum Gasteiger partial charge on any atom is 0.253 e. The number of ether oxygens (including phenoxy) is 1. The van der Waals surface area contributed by atoms with Crippen LogP contribution in [0.4, 0.5) is 11.4 Å². The van der Waals surface area contributed by atoms with Crippen molar-refractivity contribution in [2.75, 3.05) is 36.0 Å². The van der Waals surface area contributed by atoms with Gasteiger partial charge in [0.2, 0.25) is 11.8 Å². The highest BCUT2D eigenvalue weighted by molar-refractivity contribution is 6.07. The zero-order valence-corrected chi connectivity index (χ0v) is 27.1. The van der Waals surface area contributed by atoms with E-state index in [0.717, 1.165) is 22.5 Å². The van der Waals surface area contributed by atoms with Gasteiger partial charge in [0, 0.05) is 37.6 Å². The normalized spacial score (nSPS) is 28.2. The Kier molecular flexibility index (Phi) is 9.38. The van der Waals surface area contributed by atoms with E-state index in [1.54, 1.807) is 26.9 Å². The molecule has 3 heterocycles. The van der Waals surface area contributed by atoms with Crippen LogP contribution >= 0.6 is 0 Å². The van der Waals surface area contributed by atoms with E-state index in [0.29, 0.717) is 32.2 Å². The highest BCUT2D eigenvalue weighted by Gasteiger charge is 2.80. The van der Waals surface area contributed by atoms with Crippen molar-refractivity contribution in [3.63, 3.8) is 0 Å². The largest absolute Gasteiger partial charge is 0.396 e. The molecule has 3 aliphatic heterocycles. The number of carbonyl (C=O) groups excluding carboxylic acids is 3. The summed E-state index contributed by atoms with van der Waals surface area (Å²) >= 11 is 0. The summed E-state index contributed by atoms with van der Waals surface area (Å²) in [5.74, 6) is -2.29. The molecule has 6 atom stereocenters. The molecule has 0 aromatic heterocycles. The Balaban J connectivity index is 1.62. The number of nitrogens with zero attached hydrogens (tertiary/aromatic N) is 3. The van der Waals surface area contributed by atoms with Gasteiger partial charge >= 0.3 is 0 Å². The standard InChI is InChI=1S/C37H47N3O5/c1-7-19-38(28-15-11-9-12-16-28)33(42)30-31-34(43)40(21-13-10-14-22-41)32(37(31)24-27(5)36(30,6)45-37)35(44)39(20-8-2)29-23-25(3)17-18-26(29)4/h7-9,11-12,15-18,23,27,30-32,41H,1-2,10,13-14,19-22,24H2,3-6H3/t27?,30-,31-,32?,36+,37?/m0/s1. The molecule has 2 bridgehead atoms. The van der Waals surface area contributed by atoms with Crippen LogP contribution < -0.4 is 9.80 Å². The van der Waals surface area contributed by atoms with Crippen LogP contribution in [0.1, 0.15) is 50.7 Å². The number of fused-ring (bicyclic) bond motifs is 1. The fourth-order valence-electron chi connectivity index (χ4n) is 8.03. The molecule has 3 fully saturated rings. The third kappa shape index (κ3) is 5.42. The number of aliphatic hydroxyl groups excluding tert-OH is 1. The first-order valence-electron chi connectivity index (χ1n) is 16.1. The van der Waals surface area contributed by atoms with Gasteiger partial charge in [-0.2, -0.15) is 0 Å². The van der Waals surface area contributed by atoms with Gasteiger partial charge in [-0.3, -0.25) is 14.4 Å². The topological polar surface area (TPSA) is 90.4 Å². The maximum atomic E-state index is 15.0. The molecule has 2 aromatic carbocycles. The van der Waals surface area contributed by atoms with Crippen LogP contribution in [0.2, 0.25) is 0 Å². The Morgan fingerprint density at radius 1 is 1.02 bits per heavy atom. The monoisotopic (exact) mass is 613 g/mol. The first-order chi connectivity index (χ1) is 21.5. The fraction of sp³-hybridized carbons (Fsp3) is 0.486. The number of rotatable bonds is 13. The van der Waals surface area contributed by atoms with E-state index in [-0.39, 0.29) is 43.3 Å². The molecule has 0 aliphatic carbocycles. The second-order valence-electron chi connectivity index (χ2n) is 13.1. The molecule has 240 valence electrons. The summed E-state index contributed by atoms with van der Waals surface area (Å²) in [6.07, 6.45) is 5.84. The van der Waals surface area contributed by atoms with E-state index in [9.17, 15) is 19.5 Å². The molecule has 3 aliphatic rings. The van der Waals surface area contributed by atoms with E-state index in [4.69, 9.17) is 4.74 Å². The van der Waals surface area contributed by atoms with Crippen molar-refractivity contribution in [2.45, 2.75) is 70.6 Å². The van der Waals surface area contributed by atoms with Gasteiger partial charge in [-0.15, -0.1) is 13.2 Å². The van der Waals surface area contributed by atoms with E-state index in [2.05, 4.69) is 20.1 Å². The minimum Gasteiger partial charge on any atom is -0.396 e. The van der Waals surface area contributed by atoms with Crippen molar-refractivity contribution >= 4 is 29.1 Å². The van der Waals surface area contributed by atoms with E-state index >= 15 is 0 Å². The van der Waals surface area contributed by atoms with Crippen LogP contribution in [0.3, 0.4) is 0 Å². The van der Waals surface area contributed by atoms with Gasteiger partial charge in [-0.1, -0.05) is 49.4 Å². The molecule has 0 radical (unpaired) electrons. The third-order valence-electron chi connectivity index (χ3n) is 10.3. The molecule has 3 unspecified atom stereocenters. The minimum absolute atomic E-state index is 0.0663. The summed E-state index contributed by atoms with van der Waals surface area (Å²) in [6, 6.07) is 14.5. The van der Waals surface area contributed by atoms with Gasteiger partial charge in [0.1, 0.15) is 11.6 Å². The Morgan fingerprint density at radius 3 is 2.38 bits per heavy atom. The minimum atomic E-state index is -1.16. The van der Waals surface area contributed by atoms with Crippen molar-refractivity contribution in [1.82, 2.24) is 4.90 Å². The maximum absolute atomic E-state index is 15.0. The van der Waals surface area contributed by atoms with Crippen molar-refractivity contribution in [2.24, 2.45) is 17.8 Å². The highest BCUT2D eigenvalue weighted by atomic mass is 16.5. The number of carbonyl (C=O) groups is 3. The molecule has 1 N–H and O–H groups in total. The van der Waals surface area contributed by atoms with Crippen molar-refractivity contribution in [1.29, 1.82) is 0 Å². The number of aliphatic hydroxyl groups is 1. The van der Waals surface area contributed by atoms with E-state index in [1.165, 1.54) is 0 Å². The number of para-hydroxylation sites is 1. The zero-order chi connectivity index (χ0) is 32.5. The molecule has 5 rings (SSSR count). The van der Waals surface area contributed by atoms with Crippen LogP contribution in [-0.2, 0) is 19.1 Å². The van der Waals surface area contributed by atoms with Gasteiger partial charge in [0.05, 0.1) is 17.4 Å². The molecule has 45 heavy (non-hydrogen) atoms. The lowest BCUT2D eigenvalue weighted by Crippen LogP contribution is -2.57. The number of unbranched alkanes of at least 4 members (excludes halogenated alkanes) is 2. The van der Waals surface area contributed by atoms with Gasteiger partial charge in [0.25, 0.3) is 5.91 Å². The summed E-state index contributed by atoms with van der Waals surface area (Å²) in [5.41, 5.74) is 1.36. The Bertz CT molecular complexity index is 1460. The number of benzene rings is 2. The van der Waals surface area contributed by atoms with Gasteiger partial charge in [-0.25, -0.2) is 0 Å². The lowest BCUT2D eigenvalue weighted by molar-refractivity contribution is -0.145. The average Bonchev–Trinajstić information content (AvgIpc) is 3.54. The zero-order valence-electron chi connectivity index (χ0n) is 27.1. The Hall–Kier alpha value is -3.75. The van der Waals surface area contributed by atoms with Crippen LogP contribution in [-0.4, -0.2) is 71.2 Å². The summed E-state index contributed by atoms with van der Waals surface area (Å²) in [7, 11) is 0. The molecule has 8 heteroatoms. The summed E-state index contributed by atoms with van der Waals surface area (Å²) in [5, 5.41) is 9.40. The number of hydrogen-bond donors (Lipinski definition) is 1. The molecular formula is C37H47N3O5. The molecule has 2 aromatic rings. The molecule has 3 saturated heterocycles. The number of anilines is 2. The molecule has 8 nitrogen and oxygen atoms in total. The summed E-state index contributed by atoms with van der Waals surface area (Å²) in [4.78, 5) is 49.4. The second kappa shape index (κ2) is 12.9. The molecule has 3 amide bonds. The SMILES string of the molecule is C=CCN(C(=O)[C@@H]1[C@H]2C(=O)N(CCCCCO)C(C(=O)N(CC=C)c3cc(C)ccc3C)C23CC(C)[C@@]1(C)O3)c1ccccc1. The lowest BCUT2D eigenvalue weighted by atomic mass is 9.62. The van der Waals surface area contributed by atoms with Crippen LogP contribution in [0.15, 0.2) is 73.8 Å². The molecule has 1 spiro atoms. The number of aryl methyl sites for hydroxylation is 2. The van der Waals surface area contributed by atoms with E-state index in [1.807, 2.05) is 69.3 Å². The summed E-state index contributed by atoms with van der Waals surface area (Å²) in [6.45, 7) is 16.8. The van der Waals surface area contributed by atoms with Crippen LogP contribution in [0.5, 0.6) is 0 Å². The number of amides is 3. The Morgan fingerprint density at radius 2 is 1.71 bits per heavy atom. The first-order valence-corrected chi connectivity index (χ1v) is 16.1.